The smallest absolute Gasteiger partial charge is 0.223 e. The Morgan fingerprint density at radius 2 is 2.28 bits per heavy atom. The van der Waals surface area contributed by atoms with E-state index in [1.165, 1.54) is 4.88 Å². The molecule has 2 aromatic heterocycles. The molecule has 0 radical (unpaired) electrons. The second-order valence-electron chi connectivity index (χ2n) is 6.37. The van der Waals surface area contributed by atoms with Gasteiger partial charge >= 0.3 is 0 Å². The number of morpholine rings is 1. The molecule has 1 N–H and O–H groups in total. The Hall–Kier alpha value is -1.51. The van der Waals surface area contributed by atoms with Crippen molar-refractivity contribution < 1.29 is 9.53 Å². The normalized spacial score (nSPS) is 20.3. The summed E-state index contributed by atoms with van der Waals surface area (Å²) < 4.78 is 5.41. The standard InChI is InChI=1S/C17H22N4O2S2/c22-16(19-4-3-15-18-5-10-24-15)12-1-2-14-13(11-12)20-17(25-14)21-6-8-23-9-7-21/h5,10,12H,1-4,6-9,11H2,(H,19,22). The van der Waals surface area contributed by atoms with E-state index < -0.39 is 0 Å². The molecule has 8 heteroatoms. The van der Waals surface area contributed by atoms with E-state index in [9.17, 15) is 4.79 Å². The number of rotatable bonds is 5. The van der Waals surface area contributed by atoms with Crippen molar-refractivity contribution in [2.45, 2.75) is 25.7 Å². The summed E-state index contributed by atoms with van der Waals surface area (Å²) >= 11 is 3.42. The average Bonchev–Trinajstić information content (AvgIpc) is 3.31. The SMILES string of the molecule is O=C(NCCc1nccs1)C1CCc2sc(N3CCOCC3)nc2C1. The van der Waals surface area contributed by atoms with Gasteiger partial charge in [-0.3, -0.25) is 4.79 Å². The number of thiazole rings is 2. The highest BCUT2D eigenvalue weighted by Gasteiger charge is 2.28. The summed E-state index contributed by atoms with van der Waals surface area (Å²) in [6.07, 6.45) is 5.25. The minimum absolute atomic E-state index is 0.0448. The maximum Gasteiger partial charge on any atom is 0.223 e. The van der Waals surface area contributed by atoms with Crippen LogP contribution >= 0.6 is 22.7 Å². The molecule has 1 unspecified atom stereocenters. The van der Waals surface area contributed by atoms with Crippen molar-refractivity contribution in [1.82, 2.24) is 15.3 Å². The summed E-state index contributed by atoms with van der Waals surface area (Å²) in [4.78, 5) is 25.2. The number of anilines is 1. The quantitative estimate of drug-likeness (QED) is 0.861. The van der Waals surface area contributed by atoms with Gasteiger partial charge in [-0.15, -0.1) is 22.7 Å². The molecule has 4 rings (SSSR count). The number of hydrogen-bond acceptors (Lipinski definition) is 7. The molecule has 0 saturated carbocycles. The van der Waals surface area contributed by atoms with Crippen LogP contribution in [-0.4, -0.2) is 48.7 Å². The Bertz CT molecular complexity index is 710. The van der Waals surface area contributed by atoms with E-state index in [2.05, 4.69) is 15.2 Å². The van der Waals surface area contributed by atoms with Crippen LogP contribution in [0.25, 0.3) is 0 Å². The molecule has 0 bridgehead atoms. The summed E-state index contributed by atoms with van der Waals surface area (Å²) in [5.74, 6) is 0.201. The van der Waals surface area contributed by atoms with E-state index in [-0.39, 0.29) is 11.8 Å². The van der Waals surface area contributed by atoms with Gasteiger partial charge in [-0.1, -0.05) is 0 Å². The topological polar surface area (TPSA) is 67.4 Å². The number of fused-ring (bicyclic) bond motifs is 1. The van der Waals surface area contributed by atoms with Gasteiger partial charge in [0, 0.05) is 54.8 Å². The third-order valence-electron chi connectivity index (χ3n) is 4.70. The van der Waals surface area contributed by atoms with Crippen LogP contribution in [-0.2, 0) is 28.8 Å². The fourth-order valence-corrected chi connectivity index (χ4v) is 5.07. The van der Waals surface area contributed by atoms with Crippen molar-refractivity contribution in [3.63, 3.8) is 0 Å². The Labute approximate surface area is 155 Å². The van der Waals surface area contributed by atoms with Gasteiger partial charge in [0.15, 0.2) is 5.13 Å². The monoisotopic (exact) mass is 378 g/mol. The number of aryl methyl sites for hydroxylation is 1. The zero-order chi connectivity index (χ0) is 17.1. The maximum absolute atomic E-state index is 12.5. The number of amides is 1. The Morgan fingerprint density at radius 1 is 1.40 bits per heavy atom. The van der Waals surface area contributed by atoms with Crippen molar-refractivity contribution >= 4 is 33.7 Å². The Morgan fingerprint density at radius 3 is 3.08 bits per heavy atom. The molecule has 1 amide bonds. The van der Waals surface area contributed by atoms with Crippen molar-refractivity contribution in [3.05, 3.63) is 27.2 Å². The van der Waals surface area contributed by atoms with Gasteiger partial charge in [0.1, 0.15) is 0 Å². The zero-order valence-electron chi connectivity index (χ0n) is 14.1. The van der Waals surface area contributed by atoms with Gasteiger partial charge < -0.3 is 15.0 Å². The fraction of sp³-hybridized carbons (Fsp3) is 0.588. The lowest BCUT2D eigenvalue weighted by molar-refractivity contribution is -0.125. The van der Waals surface area contributed by atoms with E-state index in [0.717, 1.165) is 67.8 Å². The molecule has 2 aromatic rings. The first-order valence-electron chi connectivity index (χ1n) is 8.77. The molecule has 1 saturated heterocycles. The predicted molar refractivity (Wildman–Crippen MR) is 99.5 cm³/mol. The summed E-state index contributed by atoms with van der Waals surface area (Å²) in [6.45, 7) is 4.02. The largest absolute Gasteiger partial charge is 0.378 e. The minimum atomic E-state index is 0.0448. The van der Waals surface area contributed by atoms with Crippen LogP contribution in [0, 0.1) is 5.92 Å². The van der Waals surface area contributed by atoms with Crippen molar-refractivity contribution in [2.24, 2.45) is 5.92 Å². The minimum Gasteiger partial charge on any atom is -0.378 e. The molecular formula is C17H22N4O2S2. The van der Waals surface area contributed by atoms with E-state index in [4.69, 9.17) is 9.72 Å². The second-order valence-corrected chi connectivity index (χ2v) is 8.41. The van der Waals surface area contributed by atoms with Crippen molar-refractivity contribution in [1.29, 1.82) is 0 Å². The van der Waals surface area contributed by atoms with E-state index in [1.807, 2.05) is 5.38 Å². The summed E-state index contributed by atoms with van der Waals surface area (Å²) in [6, 6.07) is 0. The molecule has 1 fully saturated rings. The predicted octanol–water partition coefficient (Wildman–Crippen LogP) is 1.90. The van der Waals surface area contributed by atoms with Gasteiger partial charge in [-0.05, 0) is 12.8 Å². The Kier molecular flexibility index (Phi) is 5.28. The highest BCUT2D eigenvalue weighted by Crippen LogP contribution is 2.34. The lowest BCUT2D eigenvalue weighted by Gasteiger charge is -2.26. The number of nitrogens with zero attached hydrogens (tertiary/aromatic N) is 3. The van der Waals surface area contributed by atoms with Crippen LogP contribution in [0.15, 0.2) is 11.6 Å². The number of nitrogens with one attached hydrogen (secondary N) is 1. The van der Waals surface area contributed by atoms with Gasteiger partial charge in [0.2, 0.25) is 5.91 Å². The summed E-state index contributed by atoms with van der Waals surface area (Å²) in [5, 5.41) is 7.20. The second kappa shape index (κ2) is 7.80. The molecule has 6 nitrogen and oxygen atoms in total. The molecule has 1 aliphatic heterocycles. The van der Waals surface area contributed by atoms with E-state index in [1.54, 1.807) is 28.9 Å². The van der Waals surface area contributed by atoms with Crippen LogP contribution in [0.2, 0.25) is 0 Å². The van der Waals surface area contributed by atoms with E-state index >= 15 is 0 Å². The highest BCUT2D eigenvalue weighted by molar-refractivity contribution is 7.15. The van der Waals surface area contributed by atoms with Crippen LogP contribution in [0.4, 0.5) is 5.13 Å². The van der Waals surface area contributed by atoms with Crippen LogP contribution in [0.3, 0.4) is 0 Å². The summed E-state index contributed by atoms with van der Waals surface area (Å²) in [7, 11) is 0. The van der Waals surface area contributed by atoms with Gasteiger partial charge in [0.05, 0.1) is 23.9 Å². The number of hydrogen-bond donors (Lipinski definition) is 1. The lowest BCUT2D eigenvalue weighted by atomic mass is 9.90. The number of aromatic nitrogens is 2. The first-order chi connectivity index (χ1) is 12.3. The van der Waals surface area contributed by atoms with Crippen molar-refractivity contribution in [3.8, 4) is 0 Å². The van der Waals surface area contributed by atoms with Crippen molar-refractivity contribution in [2.75, 3.05) is 37.7 Å². The van der Waals surface area contributed by atoms with Gasteiger partial charge in [-0.25, -0.2) is 9.97 Å². The number of carbonyl (C=O) groups is 1. The molecule has 1 atom stereocenters. The first-order valence-corrected chi connectivity index (χ1v) is 10.5. The highest BCUT2D eigenvalue weighted by atomic mass is 32.1. The van der Waals surface area contributed by atoms with E-state index in [0.29, 0.717) is 6.54 Å². The molecule has 1 aliphatic carbocycles. The number of carbonyl (C=O) groups excluding carboxylic acids is 1. The average molecular weight is 379 g/mol. The lowest BCUT2D eigenvalue weighted by Crippen LogP contribution is -2.36. The molecule has 3 heterocycles. The maximum atomic E-state index is 12.5. The Balaban J connectivity index is 1.32. The summed E-state index contributed by atoms with van der Waals surface area (Å²) in [5.41, 5.74) is 1.12. The zero-order valence-corrected chi connectivity index (χ0v) is 15.7. The molecule has 134 valence electrons. The number of ether oxygens (including phenoxy) is 1. The van der Waals surface area contributed by atoms with Gasteiger partial charge in [-0.2, -0.15) is 0 Å². The van der Waals surface area contributed by atoms with Crippen LogP contribution in [0.5, 0.6) is 0 Å². The molecule has 0 aromatic carbocycles. The molecular weight excluding hydrogens is 356 g/mol. The van der Waals surface area contributed by atoms with Gasteiger partial charge in [0.25, 0.3) is 0 Å². The molecule has 2 aliphatic rings. The molecule has 25 heavy (non-hydrogen) atoms. The molecule has 0 spiro atoms. The first kappa shape index (κ1) is 16.9. The fourth-order valence-electron chi connectivity index (χ4n) is 3.29. The third kappa shape index (κ3) is 4.02. The van der Waals surface area contributed by atoms with Crippen LogP contribution in [0.1, 0.15) is 22.0 Å². The third-order valence-corrected chi connectivity index (χ3v) is 6.76. The van der Waals surface area contributed by atoms with Crippen LogP contribution < -0.4 is 10.2 Å².